The minimum atomic E-state index is -1.05. The number of carboxylic acid groups (broad SMARTS) is 1. The van der Waals surface area contributed by atoms with Gasteiger partial charge in [-0.2, -0.15) is 11.8 Å². The van der Waals surface area contributed by atoms with Gasteiger partial charge in [0.2, 0.25) is 0 Å². The van der Waals surface area contributed by atoms with E-state index in [1.54, 1.807) is 0 Å². The van der Waals surface area contributed by atoms with Crippen molar-refractivity contribution in [2.75, 3.05) is 18.1 Å². The minimum Gasteiger partial charge on any atom is -0.480 e. The van der Waals surface area contributed by atoms with Crippen LogP contribution in [0.15, 0.2) is 48.5 Å². The maximum absolute atomic E-state index is 12.2. The smallest absolute Gasteiger partial charge is 0.407 e. The summed E-state index contributed by atoms with van der Waals surface area (Å²) in [5.74, 6) is 0.0942. The van der Waals surface area contributed by atoms with Crippen LogP contribution in [0.4, 0.5) is 4.79 Å². The van der Waals surface area contributed by atoms with Gasteiger partial charge in [-0.15, -0.1) is 0 Å². The number of amides is 1. The largest absolute Gasteiger partial charge is 0.480 e. The van der Waals surface area contributed by atoms with Crippen molar-refractivity contribution in [1.29, 1.82) is 0 Å². The highest BCUT2D eigenvalue weighted by molar-refractivity contribution is 7.99. The van der Waals surface area contributed by atoms with Crippen LogP contribution in [-0.4, -0.2) is 41.3 Å². The summed E-state index contributed by atoms with van der Waals surface area (Å²) in [6.45, 7) is 2.20. The Balaban J connectivity index is 1.64. The van der Waals surface area contributed by atoms with Crippen LogP contribution in [0, 0.1) is 0 Å². The molecule has 27 heavy (non-hydrogen) atoms. The standard InChI is InChI=1S/C21H23NO4S/c1-2-11-27-13-19(20(23)24)22-21(25)26-12-18-16-9-5-3-7-14(16)15-8-4-6-10-17(15)18/h3-10,18-19H,2,11-13H2,1H3,(H,22,25)(H,23,24). The van der Waals surface area contributed by atoms with E-state index in [1.807, 2.05) is 43.3 Å². The molecule has 0 heterocycles. The zero-order chi connectivity index (χ0) is 19.2. The molecule has 0 aliphatic heterocycles. The van der Waals surface area contributed by atoms with E-state index in [2.05, 4.69) is 17.4 Å². The monoisotopic (exact) mass is 385 g/mol. The molecule has 0 radical (unpaired) electrons. The van der Waals surface area contributed by atoms with E-state index >= 15 is 0 Å². The van der Waals surface area contributed by atoms with E-state index in [0.29, 0.717) is 5.75 Å². The summed E-state index contributed by atoms with van der Waals surface area (Å²) in [5, 5.41) is 11.7. The molecule has 142 valence electrons. The first-order chi connectivity index (χ1) is 13.1. The van der Waals surface area contributed by atoms with E-state index < -0.39 is 18.1 Å². The summed E-state index contributed by atoms with van der Waals surface area (Å²) in [7, 11) is 0. The van der Waals surface area contributed by atoms with Crippen LogP contribution < -0.4 is 5.32 Å². The van der Waals surface area contributed by atoms with Crippen molar-refractivity contribution in [3.63, 3.8) is 0 Å². The lowest BCUT2D eigenvalue weighted by atomic mass is 9.98. The highest BCUT2D eigenvalue weighted by Crippen LogP contribution is 2.44. The average molecular weight is 385 g/mol. The number of hydrogen-bond donors (Lipinski definition) is 2. The molecular formula is C21H23NO4S. The lowest BCUT2D eigenvalue weighted by Gasteiger charge is -2.17. The Morgan fingerprint density at radius 3 is 2.26 bits per heavy atom. The molecule has 0 saturated heterocycles. The molecule has 2 N–H and O–H groups in total. The Kier molecular flexibility index (Phi) is 6.40. The molecule has 0 spiro atoms. The molecule has 0 saturated carbocycles. The Morgan fingerprint density at radius 1 is 1.11 bits per heavy atom. The molecule has 2 aromatic rings. The van der Waals surface area contributed by atoms with Gasteiger partial charge >= 0.3 is 12.1 Å². The second kappa shape index (κ2) is 8.95. The fraction of sp³-hybridized carbons (Fsp3) is 0.333. The number of nitrogens with one attached hydrogen (secondary N) is 1. The quantitative estimate of drug-likeness (QED) is 0.669. The van der Waals surface area contributed by atoms with Crippen molar-refractivity contribution in [3.05, 3.63) is 59.7 Å². The predicted molar refractivity (Wildman–Crippen MR) is 107 cm³/mol. The Hall–Kier alpha value is -2.47. The van der Waals surface area contributed by atoms with Gasteiger partial charge in [-0.1, -0.05) is 55.5 Å². The molecule has 1 amide bonds. The Morgan fingerprint density at radius 2 is 1.70 bits per heavy atom. The fourth-order valence-electron chi connectivity index (χ4n) is 3.30. The number of carboxylic acids is 1. The topological polar surface area (TPSA) is 75.6 Å². The third-order valence-electron chi connectivity index (χ3n) is 4.57. The van der Waals surface area contributed by atoms with Crippen LogP contribution in [0.5, 0.6) is 0 Å². The van der Waals surface area contributed by atoms with Crippen LogP contribution in [0.3, 0.4) is 0 Å². The highest BCUT2D eigenvalue weighted by atomic mass is 32.2. The molecule has 3 rings (SSSR count). The molecular weight excluding hydrogens is 362 g/mol. The minimum absolute atomic E-state index is 0.0408. The predicted octanol–water partition coefficient (Wildman–Crippen LogP) is 4.12. The van der Waals surface area contributed by atoms with Gasteiger partial charge < -0.3 is 15.2 Å². The summed E-state index contributed by atoms with van der Waals surface area (Å²) in [5.41, 5.74) is 4.56. The molecule has 5 nitrogen and oxygen atoms in total. The third-order valence-corrected chi connectivity index (χ3v) is 5.83. The molecule has 2 aromatic carbocycles. The van der Waals surface area contributed by atoms with Gasteiger partial charge in [0, 0.05) is 11.7 Å². The van der Waals surface area contributed by atoms with Crippen molar-refractivity contribution >= 4 is 23.8 Å². The first-order valence-electron chi connectivity index (χ1n) is 9.04. The van der Waals surface area contributed by atoms with E-state index in [9.17, 15) is 14.7 Å². The molecule has 1 aliphatic carbocycles. The van der Waals surface area contributed by atoms with Gasteiger partial charge in [0.1, 0.15) is 12.6 Å². The van der Waals surface area contributed by atoms with Crippen LogP contribution in [-0.2, 0) is 9.53 Å². The summed E-state index contributed by atoms with van der Waals surface area (Å²) in [4.78, 5) is 23.5. The second-order valence-corrected chi connectivity index (χ2v) is 7.59. The van der Waals surface area contributed by atoms with Crippen LogP contribution in [0.25, 0.3) is 11.1 Å². The Bertz CT molecular complexity index is 778. The molecule has 1 unspecified atom stereocenters. The SMILES string of the molecule is CCCSCC(NC(=O)OCC1c2ccccc2-c2ccccc21)C(=O)O. The number of carbonyl (C=O) groups excluding carboxylic acids is 1. The van der Waals surface area contributed by atoms with Crippen LogP contribution in [0.2, 0.25) is 0 Å². The zero-order valence-corrected chi connectivity index (χ0v) is 16.0. The molecule has 0 aromatic heterocycles. The lowest BCUT2D eigenvalue weighted by molar-refractivity contribution is -0.138. The van der Waals surface area contributed by atoms with Gasteiger partial charge in [0.25, 0.3) is 0 Å². The van der Waals surface area contributed by atoms with E-state index in [0.717, 1.165) is 34.4 Å². The number of benzene rings is 2. The number of thioether (sulfide) groups is 1. The summed E-state index contributed by atoms with van der Waals surface area (Å²) < 4.78 is 5.40. The molecule has 1 aliphatic rings. The number of ether oxygens (including phenoxy) is 1. The molecule has 0 bridgehead atoms. The Labute approximate surface area is 163 Å². The molecule has 1 atom stereocenters. The summed E-state index contributed by atoms with van der Waals surface area (Å²) in [6.07, 6.45) is 0.267. The molecule has 0 fully saturated rings. The number of hydrogen-bond acceptors (Lipinski definition) is 4. The van der Waals surface area contributed by atoms with Crippen LogP contribution >= 0.6 is 11.8 Å². The number of rotatable bonds is 8. The van der Waals surface area contributed by atoms with E-state index in [1.165, 1.54) is 11.8 Å². The maximum Gasteiger partial charge on any atom is 0.407 e. The van der Waals surface area contributed by atoms with Gasteiger partial charge in [0.05, 0.1) is 0 Å². The zero-order valence-electron chi connectivity index (χ0n) is 15.2. The third kappa shape index (κ3) is 4.45. The van der Waals surface area contributed by atoms with Crippen molar-refractivity contribution in [2.45, 2.75) is 25.3 Å². The lowest BCUT2D eigenvalue weighted by Crippen LogP contribution is -2.43. The normalized spacial score (nSPS) is 13.5. The number of alkyl carbamates (subject to hydrolysis) is 1. The van der Waals surface area contributed by atoms with Crippen molar-refractivity contribution < 1.29 is 19.4 Å². The van der Waals surface area contributed by atoms with Gasteiger partial charge in [-0.3, -0.25) is 0 Å². The number of fused-ring (bicyclic) bond motifs is 3. The maximum atomic E-state index is 12.2. The number of aliphatic carboxylic acids is 1. The van der Waals surface area contributed by atoms with Gasteiger partial charge in [-0.25, -0.2) is 9.59 Å². The van der Waals surface area contributed by atoms with Gasteiger partial charge in [-0.05, 0) is 34.4 Å². The summed E-state index contributed by atoms with van der Waals surface area (Å²) in [6, 6.07) is 15.2. The first kappa shape index (κ1) is 19.3. The van der Waals surface area contributed by atoms with Crippen molar-refractivity contribution in [1.82, 2.24) is 5.32 Å². The van der Waals surface area contributed by atoms with E-state index in [4.69, 9.17) is 4.74 Å². The second-order valence-electron chi connectivity index (χ2n) is 6.44. The van der Waals surface area contributed by atoms with Crippen LogP contribution in [0.1, 0.15) is 30.4 Å². The first-order valence-corrected chi connectivity index (χ1v) is 10.2. The van der Waals surface area contributed by atoms with Crippen molar-refractivity contribution in [3.8, 4) is 11.1 Å². The number of carbonyl (C=O) groups is 2. The van der Waals surface area contributed by atoms with E-state index in [-0.39, 0.29) is 12.5 Å². The highest BCUT2D eigenvalue weighted by Gasteiger charge is 2.29. The summed E-state index contributed by atoms with van der Waals surface area (Å²) >= 11 is 1.51. The molecule has 6 heteroatoms. The average Bonchev–Trinajstić information content (AvgIpc) is 2.99. The van der Waals surface area contributed by atoms with Gasteiger partial charge in [0.15, 0.2) is 0 Å². The fourth-order valence-corrected chi connectivity index (χ4v) is 4.22. The van der Waals surface area contributed by atoms with Crippen molar-refractivity contribution in [2.24, 2.45) is 0 Å².